The minimum Gasteiger partial charge on any atom is -1.00 e. The quantitative estimate of drug-likeness (QED) is 0.0727. The molecule has 0 spiro atoms. The third-order valence-corrected chi connectivity index (χ3v) is 29.9. The van der Waals surface area contributed by atoms with Gasteiger partial charge in [-0.3, -0.25) is 0 Å². The number of benzene rings is 9. The topological polar surface area (TPSA) is 0 Å². The van der Waals surface area contributed by atoms with Gasteiger partial charge in [0.2, 0.25) is 0 Å². The van der Waals surface area contributed by atoms with E-state index in [0.29, 0.717) is 0 Å². The van der Waals surface area contributed by atoms with Crippen molar-refractivity contribution in [2.45, 2.75) is 342 Å². The summed E-state index contributed by atoms with van der Waals surface area (Å²) in [5.74, 6) is 0. The minimum atomic E-state index is -3.99. The van der Waals surface area contributed by atoms with Crippen LogP contribution in [0.1, 0.15) is 338 Å². The van der Waals surface area contributed by atoms with Crippen molar-refractivity contribution in [3.8, 4) is 66.8 Å². The first-order chi connectivity index (χ1) is 50.6. The molecule has 0 radical (unpaired) electrons. The molecule has 0 atom stereocenters. The molecule has 10 aromatic rings. The predicted molar refractivity (Wildman–Crippen MR) is 502 cm³/mol. The average Bonchev–Trinajstić information content (AvgIpc) is 1.35. The molecular weight excluding hydrogens is 1520 g/mol. The van der Waals surface area contributed by atoms with Gasteiger partial charge in [-0.05, 0) is 232 Å². The molecule has 620 valence electrons. The molecule has 0 unspecified atom stereocenters. The van der Waals surface area contributed by atoms with Crippen molar-refractivity contribution in [1.82, 2.24) is 0 Å². The van der Waals surface area contributed by atoms with Gasteiger partial charge in [-0.2, -0.15) is 27.4 Å². The first kappa shape index (κ1) is 99.0. The van der Waals surface area contributed by atoms with Gasteiger partial charge in [0.15, 0.2) is 8.07 Å². The van der Waals surface area contributed by atoms with Crippen molar-refractivity contribution >= 4 is 28.8 Å². The van der Waals surface area contributed by atoms with Crippen molar-refractivity contribution in [3.63, 3.8) is 0 Å². The largest absolute Gasteiger partial charge is 4.00 e. The molecule has 10 rings (SSSR count). The maximum atomic E-state index is 2.75. The van der Waals surface area contributed by atoms with Gasteiger partial charge < -0.3 is 37.2 Å². The Labute approximate surface area is 743 Å². The molecule has 0 nitrogen and oxygen atoms in total. The third-order valence-electron chi connectivity index (χ3n) is 24.9. The number of hydrogen-bond acceptors (Lipinski definition) is 0. The van der Waals surface area contributed by atoms with E-state index in [4.69, 9.17) is 0 Å². The Kier molecular flexibility index (Phi) is 28.6. The maximum absolute atomic E-state index is 3.99. The van der Waals surface area contributed by atoms with E-state index in [1.165, 1.54) is 177 Å². The van der Waals surface area contributed by atoms with E-state index in [2.05, 4.69) is 441 Å². The fraction of sp³-hybridized carbons (Fsp3) is 0.468. The monoisotopic (exact) mass is 1660 g/mol. The average molecular weight is 1660 g/mol. The Hall–Kier alpha value is -5.87. The molecule has 0 aliphatic rings. The standard InChI is InChI=1S/C111H147Si.3ClH.Ti/c1-68-69(2)71(4)99(70(68)3)112(96-56-72(78-44-84(100(5,6)7)62-85(45-78)101(8,9)10)41-73(57-96)79-46-86(102(11,12)13)63-87(47-79)103(14,15)16,97-58-74(80-48-88(104(17,18)19)64-89(49-80)105(20,21)22)42-75(59-97)81-50-90(106(23,24)25)65-91(51-81)107(26,27)28)98-60-76(82-52-92(108(29,30)31)66-93(53-82)109(32,33)34)43-77(61-98)83-54-94(110(35,36)37)67-95(55-83)111(38,39)40;;;;/h41-67H,1-40H3;3*1H;/q-1;;;;+4/p-3. The SMILES string of the molecule is Cc1c(C)c([Si](c2cc(-c3cc(C(C)(C)C)cc(C(C)(C)C)c3)cc(-c3cc(C(C)(C)C)cc(C(C)(C)C)c3)c2)(c2cc(-c3cc(C(C)(C)C)cc(C(C)(C)C)c3)cc(-c3cc(C(C)(C)C)cc(C(C)(C)C)c3)c2)c2cc(-c3cc(C(C)(C)C)cc(C(C)(C)C)c3)cc(-c3cc(C(C)(C)C)cc(C(C)(C)C)c3)c2)[c-](C)c1C.[Cl-].[Cl-].[Cl-].[Ti+4]. The third kappa shape index (κ3) is 21.2. The van der Waals surface area contributed by atoms with Crippen LogP contribution in [0.25, 0.3) is 66.8 Å². The van der Waals surface area contributed by atoms with E-state index in [1.54, 1.807) is 0 Å². The van der Waals surface area contributed by atoms with Crippen molar-refractivity contribution in [1.29, 1.82) is 0 Å². The summed E-state index contributed by atoms with van der Waals surface area (Å²) in [4.78, 5) is 0. The molecule has 0 aromatic heterocycles. The molecule has 10 aromatic carbocycles. The summed E-state index contributed by atoms with van der Waals surface area (Å²) in [5.41, 5.74) is 35.0. The molecule has 116 heavy (non-hydrogen) atoms. The maximum Gasteiger partial charge on any atom is 4.00 e. The molecule has 0 heterocycles. The Morgan fingerprint density at radius 2 is 0.302 bits per heavy atom. The van der Waals surface area contributed by atoms with Crippen molar-refractivity contribution in [2.75, 3.05) is 0 Å². The molecule has 0 aliphatic carbocycles. The summed E-state index contributed by atoms with van der Waals surface area (Å²) in [6, 6.07) is 70.1. The van der Waals surface area contributed by atoms with Gasteiger partial charge in [0.05, 0.1) is 0 Å². The zero-order valence-corrected chi connectivity index (χ0v) is 84.6. The molecule has 0 saturated heterocycles. The van der Waals surface area contributed by atoms with Gasteiger partial charge in [0.25, 0.3) is 0 Å². The summed E-state index contributed by atoms with van der Waals surface area (Å²) >= 11 is 0. The van der Waals surface area contributed by atoms with Gasteiger partial charge >= 0.3 is 21.7 Å². The molecule has 0 bridgehead atoms. The second kappa shape index (κ2) is 33.5. The van der Waals surface area contributed by atoms with Crippen LogP contribution in [0.5, 0.6) is 0 Å². The van der Waals surface area contributed by atoms with Crippen molar-refractivity contribution in [3.05, 3.63) is 253 Å². The molecule has 5 heteroatoms. The summed E-state index contributed by atoms with van der Waals surface area (Å²) in [5, 5.41) is 5.59. The first-order valence-corrected chi connectivity index (χ1v) is 44.3. The van der Waals surface area contributed by atoms with Crippen LogP contribution in [0.4, 0.5) is 0 Å². The molecule has 0 amide bonds. The predicted octanol–water partition coefficient (Wildman–Crippen LogP) is 20.6. The van der Waals surface area contributed by atoms with Crippen LogP contribution >= 0.6 is 0 Å². The van der Waals surface area contributed by atoms with Crippen molar-refractivity contribution < 1.29 is 58.9 Å². The molecule has 0 aliphatic heterocycles. The van der Waals surface area contributed by atoms with E-state index in [-0.39, 0.29) is 124 Å². The first-order valence-electron chi connectivity index (χ1n) is 42.3. The minimum absolute atomic E-state index is 0. The van der Waals surface area contributed by atoms with Gasteiger partial charge in [-0.15, -0.1) is 0 Å². The Balaban J connectivity index is 0.00000523. The van der Waals surface area contributed by atoms with Gasteiger partial charge in [-0.1, -0.05) is 423 Å². The van der Waals surface area contributed by atoms with E-state index in [0.717, 1.165) is 0 Å². The summed E-state index contributed by atoms with van der Waals surface area (Å²) in [6.07, 6.45) is 0. The normalized spacial score (nSPS) is 13.2. The number of halogens is 3. The Bertz CT molecular complexity index is 4270. The Morgan fingerprint density at radius 3 is 0.405 bits per heavy atom. The van der Waals surface area contributed by atoms with E-state index >= 15 is 0 Å². The molecule has 0 saturated carbocycles. The van der Waals surface area contributed by atoms with Crippen molar-refractivity contribution in [2.24, 2.45) is 0 Å². The van der Waals surface area contributed by atoms with Crippen LogP contribution in [0.2, 0.25) is 0 Å². The summed E-state index contributed by atoms with van der Waals surface area (Å²) in [7, 11) is -3.99. The van der Waals surface area contributed by atoms with Crippen LogP contribution < -0.4 is 58.0 Å². The second-order valence-corrected chi connectivity index (χ2v) is 50.5. The van der Waals surface area contributed by atoms with E-state index in [1.807, 2.05) is 0 Å². The zero-order chi connectivity index (χ0) is 84.1. The molecular formula is C111H147Cl3SiTi. The van der Waals surface area contributed by atoms with E-state index < -0.39 is 8.07 Å². The summed E-state index contributed by atoms with van der Waals surface area (Å²) < 4.78 is 0. The van der Waals surface area contributed by atoms with Crippen LogP contribution in [-0.4, -0.2) is 8.07 Å². The van der Waals surface area contributed by atoms with Crippen LogP contribution in [-0.2, 0) is 86.7 Å². The smallest absolute Gasteiger partial charge is 1.00 e. The number of rotatable bonds is 10. The van der Waals surface area contributed by atoms with Crippen LogP contribution in [0, 0.1) is 27.7 Å². The Morgan fingerprint density at radius 1 is 0.181 bits per heavy atom. The second-order valence-electron chi connectivity index (χ2n) is 46.8. The van der Waals surface area contributed by atoms with Gasteiger partial charge in [0, 0.05) is 0 Å². The molecule has 0 fully saturated rings. The molecule has 0 N–H and O–H groups in total. The van der Waals surface area contributed by atoms with Crippen LogP contribution in [0.3, 0.4) is 0 Å². The van der Waals surface area contributed by atoms with E-state index in [9.17, 15) is 0 Å². The fourth-order valence-corrected chi connectivity index (χ4v) is 21.8. The van der Waals surface area contributed by atoms with Gasteiger partial charge in [-0.25, -0.2) is 0 Å². The summed E-state index contributed by atoms with van der Waals surface area (Å²) in [6.45, 7) is 96.3. The number of hydrogen-bond donors (Lipinski definition) is 0. The van der Waals surface area contributed by atoms with Gasteiger partial charge in [0.1, 0.15) is 0 Å². The fourth-order valence-electron chi connectivity index (χ4n) is 16.2. The van der Waals surface area contributed by atoms with Crippen LogP contribution in [0.15, 0.2) is 164 Å². The zero-order valence-electron chi connectivity index (χ0n) is 79.7.